The Kier molecular flexibility index (Phi) is 10.8. The number of rotatable bonds is 12. The van der Waals surface area contributed by atoms with Gasteiger partial charge in [-0.25, -0.2) is 13.2 Å². The lowest BCUT2D eigenvalue weighted by molar-refractivity contribution is 0.00695. The van der Waals surface area contributed by atoms with Gasteiger partial charge in [0, 0.05) is 5.39 Å². The molecule has 0 aliphatic rings. The molecule has 45 heavy (non-hydrogen) atoms. The smallest absolute Gasteiger partial charge is 0.338 e. The van der Waals surface area contributed by atoms with Crippen LogP contribution in [0.1, 0.15) is 104 Å². The average molecular weight is 628 g/mol. The van der Waals surface area contributed by atoms with Crippen molar-refractivity contribution in [2.24, 2.45) is 0 Å². The van der Waals surface area contributed by atoms with Gasteiger partial charge in [-0.2, -0.15) is 0 Å². The summed E-state index contributed by atoms with van der Waals surface area (Å²) >= 11 is 0. The van der Waals surface area contributed by atoms with E-state index in [1.54, 1.807) is 6.07 Å². The molecule has 0 saturated heterocycles. The standard InChI is InChI=1S/C39H49NO4S/c1-9-10-11-12-13-14-18-31-25-35(30-19-17-20-32(24-30)38(41)44-39(6,7)8)33-21-15-16-22-34(33)36(31)40-45(42,43)37-28(4)26(2)23-27(3)29(37)5/h15-17,19-25,40H,9-14,18H2,1-8H3. The Labute approximate surface area is 270 Å². The second-order valence-electron chi connectivity index (χ2n) is 13.3. The summed E-state index contributed by atoms with van der Waals surface area (Å²) in [5.74, 6) is -0.371. The first-order valence-electron chi connectivity index (χ1n) is 16.2. The molecule has 0 atom stereocenters. The van der Waals surface area contributed by atoms with Crippen LogP contribution in [0.5, 0.6) is 0 Å². The van der Waals surface area contributed by atoms with E-state index >= 15 is 0 Å². The fourth-order valence-electron chi connectivity index (χ4n) is 6.01. The minimum atomic E-state index is -3.90. The molecule has 0 radical (unpaired) electrons. The number of carbonyl (C=O) groups is 1. The molecular formula is C39H49NO4S. The molecule has 0 heterocycles. The minimum Gasteiger partial charge on any atom is -0.456 e. The maximum Gasteiger partial charge on any atom is 0.338 e. The van der Waals surface area contributed by atoms with E-state index < -0.39 is 15.6 Å². The van der Waals surface area contributed by atoms with Crippen molar-refractivity contribution in [3.05, 3.63) is 94.0 Å². The van der Waals surface area contributed by atoms with Crippen LogP contribution in [0.3, 0.4) is 0 Å². The average Bonchev–Trinajstić information content (AvgIpc) is 2.97. The number of benzene rings is 4. The summed E-state index contributed by atoms with van der Waals surface area (Å²) in [4.78, 5) is 13.3. The second-order valence-corrected chi connectivity index (χ2v) is 14.9. The van der Waals surface area contributed by atoms with E-state index in [0.29, 0.717) is 16.1 Å². The van der Waals surface area contributed by atoms with Crippen LogP contribution in [0.2, 0.25) is 0 Å². The third-order valence-electron chi connectivity index (χ3n) is 8.54. The molecule has 1 N–H and O–H groups in total. The summed E-state index contributed by atoms with van der Waals surface area (Å²) in [6.45, 7) is 15.5. The summed E-state index contributed by atoms with van der Waals surface area (Å²) in [7, 11) is -3.90. The molecular weight excluding hydrogens is 578 g/mol. The summed E-state index contributed by atoms with van der Waals surface area (Å²) in [5.41, 5.74) is 6.74. The molecule has 0 aromatic heterocycles. The van der Waals surface area contributed by atoms with Gasteiger partial charge >= 0.3 is 5.97 Å². The molecule has 5 nitrogen and oxygen atoms in total. The van der Waals surface area contributed by atoms with E-state index in [1.807, 2.05) is 97.0 Å². The predicted molar refractivity (Wildman–Crippen MR) is 188 cm³/mol. The highest BCUT2D eigenvalue weighted by atomic mass is 32.2. The Balaban J connectivity index is 1.86. The molecule has 0 amide bonds. The van der Waals surface area contributed by atoms with Gasteiger partial charge in [0.05, 0.1) is 16.1 Å². The van der Waals surface area contributed by atoms with Gasteiger partial charge in [0.25, 0.3) is 10.0 Å². The fourth-order valence-corrected chi connectivity index (χ4v) is 7.75. The van der Waals surface area contributed by atoms with Gasteiger partial charge in [0.2, 0.25) is 0 Å². The minimum absolute atomic E-state index is 0.351. The van der Waals surface area contributed by atoms with Crippen molar-refractivity contribution in [3.8, 4) is 11.1 Å². The van der Waals surface area contributed by atoms with Crippen molar-refractivity contribution in [2.45, 2.75) is 111 Å². The maximum atomic E-state index is 14.2. The van der Waals surface area contributed by atoms with Crippen LogP contribution in [0.15, 0.2) is 65.6 Å². The lowest BCUT2D eigenvalue weighted by Gasteiger charge is -2.22. The van der Waals surface area contributed by atoms with Gasteiger partial charge in [-0.15, -0.1) is 0 Å². The number of ether oxygens (including phenoxy) is 1. The SMILES string of the molecule is CCCCCCCCc1cc(-c2cccc(C(=O)OC(C)(C)C)c2)c2ccccc2c1NS(=O)(=O)c1c(C)c(C)cc(C)c1C. The van der Waals surface area contributed by atoms with Crippen molar-refractivity contribution < 1.29 is 17.9 Å². The molecule has 4 aromatic carbocycles. The number of nitrogens with one attached hydrogen (secondary N) is 1. The van der Waals surface area contributed by atoms with E-state index in [-0.39, 0.29) is 5.97 Å². The van der Waals surface area contributed by atoms with Gasteiger partial charge in [0.15, 0.2) is 0 Å². The molecule has 4 aromatic rings. The van der Waals surface area contributed by atoms with E-state index in [2.05, 4.69) is 17.7 Å². The zero-order chi connectivity index (χ0) is 32.9. The van der Waals surface area contributed by atoms with E-state index in [9.17, 15) is 13.2 Å². The lowest BCUT2D eigenvalue weighted by atomic mass is 9.91. The van der Waals surface area contributed by atoms with Gasteiger partial charge < -0.3 is 4.74 Å². The fraction of sp³-hybridized carbons (Fsp3) is 0.410. The van der Waals surface area contributed by atoms with Crippen molar-refractivity contribution in [1.82, 2.24) is 0 Å². The first kappa shape index (κ1) is 34.2. The molecule has 0 aliphatic carbocycles. The third-order valence-corrected chi connectivity index (χ3v) is 10.2. The topological polar surface area (TPSA) is 72.5 Å². The van der Waals surface area contributed by atoms with Gasteiger partial charge in [-0.05, 0) is 124 Å². The molecule has 0 spiro atoms. The molecule has 0 aliphatic heterocycles. The van der Waals surface area contributed by atoms with Crippen LogP contribution in [-0.2, 0) is 21.2 Å². The Hall–Kier alpha value is -3.64. The summed E-state index contributed by atoms with van der Waals surface area (Å²) in [5, 5.41) is 1.75. The zero-order valence-corrected chi connectivity index (χ0v) is 29.1. The number of unbranched alkanes of at least 4 members (excludes halogenated alkanes) is 5. The summed E-state index contributed by atoms with van der Waals surface area (Å²) < 4.78 is 37.2. The monoisotopic (exact) mass is 627 g/mol. The third kappa shape index (κ3) is 8.15. The van der Waals surface area contributed by atoms with Crippen LogP contribution >= 0.6 is 0 Å². The second kappa shape index (κ2) is 14.2. The molecule has 0 fully saturated rings. The number of esters is 1. The Morgan fingerprint density at radius 1 is 0.778 bits per heavy atom. The maximum absolute atomic E-state index is 14.2. The number of fused-ring (bicyclic) bond motifs is 1. The summed E-state index contributed by atoms with van der Waals surface area (Å²) in [6, 6.07) is 19.6. The molecule has 0 unspecified atom stereocenters. The number of hydrogen-bond donors (Lipinski definition) is 1. The normalized spacial score (nSPS) is 12.0. The molecule has 0 bridgehead atoms. The van der Waals surface area contributed by atoms with Crippen LogP contribution in [0.25, 0.3) is 21.9 Å². The molecule has 0 saturated carbocycles. The quantitative estimate of drug-likeness (QED) is 0.125. The highest BCUT2D eigenvalue weighted by Gasteiger charge is 2.25. The van der Waals surface area contributed by atoms with Crippen LogP contribution in [-0.4, -0.2) is 20.0 Å². The van der Waals surface area contributed by atoms with E-state index in [1.165, 1.54) is 19.3 Å². The largest absolute Gasteiger partial charge is 0.456 e. The zero-order valence-electron chi connectivity index (χ0n) is 28.3. The summed E-state index contributed by atoms with van der Waals surface area (Å²) in [6.07, 6.45) is 7.56. The number of anilines is 1. The van der Waals surface area contributed by atoms with Crippen molar-refractivity contribution in [3.63, 3.8) is 0 Å². The van der Waals surface area contributed by atoms with Crippen molar-refractivity contribution in [2.75, 3.05) is 4.72 Å². The highest BCUT2D eigenvalue weighted by molar-refractivity contribution is 7.92. The van der Waals surface area contributed by atoms with Gasteiger partial charge in [-0.3, -0.25) is 4.72 Å². The first-order chi connectivity index (χ1) is 21.2. The Morgan fingerprint density at radius 2 is 1.40 bits per heavy atom. The number of aryl methyl sites for hydroxylation is 3. The van der Waals surface area contributed by atoms with Crippen LogP contribution < -0.4 is 4.72 Å². The Bertz CT molecular complexity index is 1770. The van der Waals surface area contributed by atoms with E-state index in [0.717, 1.165) is 75.4 Å². The van der Waals surface area contributed by atoms with Gasteiger partial charge in [-0.1, -0.05) is 81.5 Å². The highest BCUT2D eigenvalue weighted by Crippen LogP contribution is 2.39. The molecule has 6 heteroatoms. The van der Waals surface area contributed by atoms with Gasteiger partial charge in [0.1, 0.15) is 5.60 Å². The van der Waals surface area contributed by atoms with Crippen molar-refractivity contribution >= 4 is 32.5 Å². The van der Waals surface area contributed by atoms with Crippen LogP contribution in [0.4, 0.5) is 5.69 Å². The molecule has 4 rings (SSSR count). The molecule has 240 valence electrons. The number of hydrogen-bond acceptors (Lipinski definition) is 4. The Morgan fingerprint density at radius 3 is 2.04 bits per heavy atom. The lowest BCUT2D eigenvalue weighted by Crippen LogP contribution is -2.23. The van der Waals surface area contributed by atoms with E-state index in [4.69, 9.17) is 4.74 Å². The number of sulfonamides is 1. The van der Waals surface area contributed by atoms with Crippen LogP contribution in [0, 0.1) is 27.7 Å². The first-order valence-corrected chi connectivity index (χ1v) is 17.7. The number of carbonyl (C=O) groups excluding carboxylic acids is 1. The predicted octanol–water partition coefficient (Wildman–Crippen LogP) is 10.4. The van der Waals surface area contributed by atoms with Crippen molar-refractivity contribution in [1.29, 1.82) is 0 Å².